The summed E-state index contributed by atoms with van der Waals surface area (Å²) in [7, 11) is 0. The van der Waals surface area contributed by atoms with Gasteiger partial charge in [-0.3, -0.25) is 4.79 Å². The highest BCUT2D eigenvalue weighted by Gasteiger charge is 2.14. The highest BCUT2D eigenvalue weighted by atomic mass is 35.5. The van der Waals surface area contributed by atoms with Gasteiger partial charge in [-0.05, 0) is 37.6 Å². The van der Waals surface area contributed by atoms with Crippen LogP contribution in [0.15, 0.2) is 36.4 Å². The Bertz CT molecular complexity index is 706. The van der Waals surface area contributed by atoms with Gasteiger partial charge >= 0.3 is 0 Å². The number of anilines is 1. The van der Waals surface area contributed by atoms with Gasteiger partial charge in [-0.15, -0.1) is 0 Å². The normalized spacial score (nSPS) is 10.6. The molecular weight excluding hydrogens is 369 g/mol. The Morgan fingerprint density at radius 2 is 1.62 bits per heavy atom. The van der Waals surface area contributed by atoms with E-state index in [-0.39, 0.29) is 5.91 Å². The lowest BCUT2D eigenvalue weighted by atomic mass is 10.1. The van der Waals surface area contributed by atoms with Crippen LogP contribution in [0.4, 0.5) is 5.69 Å². The molecule has 1 amide bonds. The van der Waals surface area contributed by atoms with Crippen molar-refractivity contribution < 1.29 is 9.53 Å². The number of rotatable bonds is 9. The summed E-state index contributed by atoms with van der Waals surface area (Å²) in [6.45, 7) is 4.75. The van der Waals surface area contributed by atoms with Crippen LogP contribution in [0.2, 0.25) is 10.0 Å². The zero-order chi connectivity index (χ0) is 18.9. The van der Waals surface area contributed by atoms with Gasteiger partial charge in [-0.25, -0.2) is 0 Å². The molecule has 0 saturated carbocycles. The monoisotopic (exact) mass is 393 g/mol. The van der Waals surface area contributed by atoms with Crippen molar-refractivity contribution >= 4 is 34.8 Å². The van der Waals surface area contributed by atoms with Crippen LogP contribution >= 0.6 is 23.2 Å². The maximum absolute atomic E-state index is 12.4. The minimum atomic E-state index is -0.260. The van der Waals surface area contributed by atoms with Crippen molar-refractivity contribution in [1.82, 2.24) is 0 Å². The first-order valence-corrected chi connectivity index (χ1v) is 9.76. The number of nitrogens with one attached hydrogen (secondary N) is 1. The molecule has 0 unspecified atom stereocenters. The minimum absolute atomic E-state index is 0.260. The molecule has 140 valence electrons. The summed E-state index contributed by atoms with van der Waals surface area (Å²) in [6, 6.07) is 10.8. The molecule has 0 spiro atoms. The molecule has 0 aromatic heterocycles. The smallest absolute Gasteiger partial charge is 0.255 e. The van der Waals surface area contributed by atoms with E-state index in [9.17, 15) is 4.79 Å². The zero-order valence-corrected chi connectivity index (χ0v) is 16.8. The third kappa shape index (κ3) is 6.22. The number of benzene rings is 2. The van der Waals surface area contributed by atoms with Crippen LogP contribution in [-0.4, -0.2) is 12.5 Å². The molecule has 1 N–H and O–H groups in total. The van der Waals surface area contributed by atoms with E-state index in [0.29, 0.717) is 28.0 Å². The Kier molecular flexibility index (Phi) is 8.27. The first-order chi connectivity index (χ1) is 12.5. The van der Waals surface area contributed by atoms with E-state index >= 15 is 0 Å². The number of carbonyl (C=O) groups excluding carboxylic acids is 1. The van der Waals surface area contributed by atoms with E-state index in [1.807, 2.05) is 31.2 Å². The van der Waals surface area contributed by atoms with Crippen molar-refractivity contribution in [3.05, 3.63) is 57.6 Å². The average Bonchev–Trinajstić information content (AvgIpc) is 2.61. The van der Waals surface area contributed by atoms with Gasteiger partial charge in [0, 0.05) is 11.3 Å². The molecule has 0 aliphatic rings. The SMILES string of the molecule is CCCCCCCOc1c(Cl)cc(C(=O)Nc2ccc(C)cc2)cc1Cl. The van der Waals surface area contributed by atoms with Crippen LogP contribution < -0.4 is 10.1 Å². The maximum atomic E-state index is 12.4. The molecule has 0 aliphatic heterocycles. The second-order valence-corrected chi connectivity index (χ2v) is 7.17. The van der Waals surface area contributed by atoms with Crippen molar-refractivity contribution in [2.75, 3.05) is 11.9 Å². The lowest BCUT2D eigenvalue weighted by Crippen LogP contribution is -2.12. The largest absolute Gasteiger partial charge is 0.490 e. The molecule has 3 nitrogen and oxygen atoms in total. The fraction of sp³-hybridized carbons (Fsp3) is 0.381. The number of ether oxygens (including phenoxy) is 1. The molecule has 2 aromatic carbocycles. The summed E-state index contributed by atoms with van der Waals surface area (Å²) < 4.78 is 5.72. The van der Waals surface area contributed by atoms with Crippen LogP contribution in [0.5, 0.6) is 5.75 Å². The first-order valence-electron chi connectivity index (χ1n) is 9.01. The summed E-state index contributed by atoms with van der Waals surface area (Å²) in [5, 5.41) is 3.53. The van der Waals surface area contributed by atoms with Gasteiger partial charge in [-0.1, -0.05) is 73.5 Å². The van der Waals surface area contributed by atoms with Crippen LogP contribution in [0, 0.1) is 6.92 Å². The topological polar surface area (TPSA) is 38.3 Å². The number of unbranched alkanes of at least 4 members (excludes halogenated alkanes) is 4. The Balaban J connectivity index is 1.96. The zero-order valence-electron chi connectivity index (χ0n) is 15.3. The van der Waals surface area contributed by atoms with E-state index < -0.39 is 0 Å². The van der Waals surface area contributed by atoms with Crippen molar-refractivity contribution in [1.29, 1.82) is 0 Å². The summed E-state index contributed by atoms with van der Waals surface area (Å²) in [6.07, 6.45) is 5.75. The van der Waals surface area contributed by atoms with E-state index in [1.165, 1.54) is 19.3 Å². The fourth-order valence-corrected chi connectivity index (χ4v) is 3.15. The Hall–Kier alpha value is -1.71. The summed E-state index contributed by atoms with van der Waals surface area (Å²) in [5.41, 5.74) is 2.25. The lowest BCUT2D eigenvalue weighted by molar-refractivity contribution is 0.102. The summed E-state index contributed by atoms with van der Waals surface area (Å²) >= 11 is 12.6. The minimum Gasteiger partial charge on any atom is -0.490 e. The number of hydrogen-bond donors (Lipinski definition) is 1. The molecule has 0 heterocycles. The highest BCUT2D eigenvalue weighted by molar-refractivity contribution is 6.37. The third-order valence-electron chi connectivity index (χ3n) is 4.06. The lowest BCUT2D eigenvalue weighted by Gasteiger charge is -2.12. The van der Waals surface area contributed by atoms with Gasteiger partial charge in [0.05, 0.1) is 16.7 Å². The van der Waals surface area contributed by atoms with Gasteiger partial charge in [0.2, 0.25) is 0 Å². The molecule has 2 aromatic rings. The van der Waals surface area contributed by atoms with Gasteiger partial charge in [0.1, 0.15) is 0 Å². The Morgan fingerprint density at radius 1 is 1.00 bits per heavy atom. The number of aryl methyl sites for hydroxylation is 1. The summed E-state index contributed by atoms with van der Waals surface area (Å²) in [5.74, 6) is 0.180. The van der Waals surface area contributed by atoms with Gasteiger partial charge in [0.25, 0.3) is 5.91 Å². The second-order valence-electron chi connectivity index (χ2n) is 6.35. The molecule has 0 saturated heterocycles. The molecule has 0 atom stereocenters. The molecule has 2 rings (SSSR count). The number of hydrogen-bond acceptors (Lipinski definition) is 2. The highest BCUT2D eigenvalue weighted by Crippen LogP contribution is 2.34. The van der Waals surface area contributed by atoms with E-state index in [4.69, 9.17) is 27.9 Å². The van der Waals surface area contributed by atoms with Crippen LogP contribution in [0.25, 0.3) is 0 Å². The van der Waals surface area contributed by atoms with E-state index in [2.05, 4.69) is 12.2 Å². The third-order valence-corrected chi connectivity index (χ3v) is 4.63. The molecule has 0 bridgehead atoms. The van der Waals surface area contributed by atoms with E-state index in [0.717, 1.165) is 24.1 Å². The van der Waals surface area contributed by atoms with Gasteiger partial charge in [0.15, 0.2) is 5.75 Å². The van der Waals surface area contributed by atoms with Crippen molar-refractivity contribution in [3.8, 4) is 5.75 Å². The summed E-state index contributed by atoms with van der Waals surface area (Å²) in [4.78, 5) is 12.4. The number of halogens is 2. The molecule has 0 radical (unpaired) electrons. The standard InChI is InChI=1S/C21H25Cl2NO2/c1-3-4-5-6-7-12-26-20-18(22)13-16(14-19(20)23)21(25)24-17-10-8-15(2)9-11-17/h8-11,13-14H,3-7,12H2,1-2H3,(H,24,25). The first kappa shape index (κ1) is 20.6. The number of amides is 1. The predicted molar refractivity (Wildman–Crippen MR) is 110 cm³/mol. The predicted octanol–water partition coefficient (Wildman–Crippen LogP) is 6.90. The molecule has 26 heavy (non-hydrogen) atoms. The molecule has 0 fully saturated rings. The number of carbonyl (C=O) groups is 1. The molecule has 5 heteroatoms. The van der Waals surface area contributed by atoms with E-state index in [1.54, 1.807) is 12.1 Å². The van der Waals surface area contributed by atoms with Crippen molar-refractivity contribution in [2.45, 2.75) is 46.0 Å². The van der Waals surface area contributed by atoms with Crippen molar-refractivity contribution in [2.24, 2.45) is 0 Å². The van der Waals surface area contributed by atoms with Crippen LogP contribution in [0.3, 0.4) is 0 Å². The average molecular weight is 394 g/mol. The molecular formula is C21H25Cl2NO2. The Morgan fingerprint density at radius 3 is 2.23 bits per heavy atom. The maximum Gasteiger partial charge on any atom is 0.255 e. The van der Waals surface area contributed by atoms with Crippen molar-refractivity contribution in [3.63, 3.8) is 0 Å². The van der Waals surface area contributed by atoms with Crippen LogP contribution in [-0.2, 0) is 0 Å². The van der Waals surface area contributed by atoms with Gasteiger partial charge < -0.3 is 10.1 Å². The van der Waals surface area contributed by atoms with Gasteiger partial charge in [-0.2, -0.15) is 0 Å². The van der Waals surface area contributed by atoms with Crippen LogP contribution in [0.1, 0.15) is 54.9 Å². The molecule has 0 aliphatic carbocycles. The quantitative estimate of drug-likeness (QED) is 0.470. The Labute approximate surface area is 165 Å². The second kappa shape index (κ2) is 10.4. The fourth-order valence-electron chi connectivity index (χ4n) is 2.55.